The van der Waals surface area contributed by atoms with E-state index in [1.807, 2.05) is 0 Å². The Hall–Kier alpha value is -2.18. The van der Waals surface area contributed by atoms with Crippen molar-refractivity contribution in [2.75, 3.05) is 11.4 Å². The van der Waals surface area contributed by atoms with Crippen LogP contribution in [0.25, 0.3) is 0 Å². The number of nitro benzene ring substituents is 1. The van der Waals surface area contributed by atoms with Gasteiger partial charge in [-0.05, 0) is 18.9 Å². The Morgan fingerprint density at radius 2 is 2.21 bits per heavy atom. The fraction of sp³-hybridized carbons (Fsp3) is 0.417. The summed E-state index contributed by atoms with van der Waals surface area (Å²) >= 11 is 0. The molecule has 1 aromatic rings. The smallest absolute Gasteiger partial charge is 0.305 e. The molecule has 0 aliphatic heterocycles. The number of anilines is 1. The van der Waals surface area contributed by atoms with Gasteiger partial charge < -0.3 is 10.0 Å². The number of aliphatic carboxylic acids is 1. The summed E-state index contributed by atoms with van der Waals surface area (Å²) in [6.45, 7) is 0.203. The van der Waals surface area contributed by atoms with Gasteiger partial charge in [-0.2, -0.15) is 0 Å². The molecule has 6 nitrogen and oxygen atoms in total. The standard InChI is InChI=1S/C12H13FN2O4/c13-10-7-9(15(18)19)3-4-11(10)14(8-1-2-8)6-5-12(16)17/h3-4,7-8H,1-2,5-6H2,(H,16,17). The molecule has 0 saturated heterocycles. The number of benzene rings is 1. The van der Waals surface area contributed by atoms with E-state index in [9.17, 15) is 19.3 Å². The summed E-state index contributed by atoms with van der Waals surface area (Å²) in [6.07, 6.45) is 1.68. The number of carbonyl (C=O) groups is 1. The number of hydrogen-bond acceptors (Lipinski definition) is 4. The van der Waals surface area contributed by atoms with Gasteiger partial charge in [0, 0.05) is 18.7 Å². The molecule has 1 N–H and O–H groups in total. The molecule has 1 aliphatic carbocycles. The lowest BCUT2D eigenvalue weighted by molar-refractivity contribution is -0.385. The summed E-state index contributed by atoms with van der Waals surface area (Å²) in [7, 11) is 0. The molecule has 1 aliphatic rings. The normalized spacial score (nSPS) is 14.2. The highest BCUT2D eigenvalue weighted by atomic mass is 19.1. The molecule has 1 saturated carbocycles. The maximum atomic E-state index is 13.9. The number of nitro groups is 1. The van der Waals surface area contributed by atoms with Crippen LogP contribution in [0.1, 0.15) is 19.3 Å². The van der Waals surface area contributed by atoms with Crippen LogP contribution >= 0.6 is 0 Å². The average molecular weight is 268 g/mol. The first-order valence-electron chi connectivity index (χ1n) is 5.91. The van der Waals surface area contributed by atoms with Crippen LogP contribution in [-0.2, 0) is 4.79 Å². The molecule has 0 amide bonds. The van der Waals surface area contributed by atoms with E-state index in [1.54, 1.807) is 4.90 Å². The second kappa shape index (κ2) is 5.21. The summed E-state index contributed by atoms with van der Waals surface area (Å²) in [5, 5.41) is 19.2. The molecule has 1 fully saturated rings. The molecule has 0 atom stereocenters. The minimum absolute atomic E-state index is 0.0903. The topological polar surface area (TPSA) is 83.7 Å². The van der Waals surface area contributed by atoms with Crippen molar-refractivity contribution in [2.45, 2.75) is 25.3 Å². The summed E-state index contributed by atoms with van der Waals surface area (Å²) in [5.41, 5.74) is -0.0791. The Bertz CT molecular complexity index is 516. The van der Waals surface area contributed by atoms with E-state index >= 15 is 0 Å². The van der Waals surface area contributed by atoms with Gasteiger partial charge >= 0.3 is 5.97 Å². The molecule has 7 heteroatoms. The van der Waals surface area contributed by atoms with E-state index < -0.39 is 16.7 Å². The highest BCUT2D eigenvalue weighted by Crippen LogP contribution is 2.34. The Balaban J connectivity index is 2.21. The maximum Gasteiger partial charge on any atom is 0.305 e. The van der Waals surface area contributed by atoms with Gasteiger partial charge in [0.2, 0.25) is 0 Å². The highest BCUT2D eigenvalue weighted by Gasteiger charge is 2.31. The molecule has 1 aromatic carbocycles. The van der Waals surface area contributed by atoms with Crippen molar-refractivity contribution < 1.29 is 19.2 Å². The summed E-state index contributed by atoms with van der Waals surface area (Å²) in [5.74, 6) is -1.64. The van der Waals surface area contributed by atoms with Crippen molar-refractivity contribution in [1.29, 1.82) is 0 Å². The van der Waals surface area contributed by atoms with E-state index in [0.29, 0.717) is 0 Å². The Morgan fingerprint density at radius 1 is 1.53 bits per heavy atom. The van der Waals surface area contributed by atoms with Crippen molar-refractivity contribution in [3.63, 3.8) is 0 Å². The highest BCUT2D eigenvalue weighted by molar-refractivity contribution is 5.68. The summed E-state index contributed by atoms with van der Waals surface area (Å²) in [6, 6.07) is 3.57. The van der Waals surface area contributed by atoms with Crippen LogP contribution in [0, 0.1) is 15.9 Å². The number of rotatable bonds is 6. The summed E-state index contributed by atoms with van der Waals surface area (Å²) in [4.78, 5) is 22.2. The Morgan fingerprint density at radius 3 is 2.68 bits per heavy atom. The third-order valence-corrected chi connectivity index (χ3v) is 3.01. The molecule has 0 heterocycles. The van der Waals surface area contributed by atoms with Gasteiger partial charge in [-0.1, -0.05) is 0 Å². The largest absolute Gasteiger partial charge is 0.481 e. The van der Waals surface area contributed by atoms with Gasteiger partial charge in [0.15, 0.2) is 5.82 Å². The first-order valence-corrected chi connectivity index (χ1v) is 5.91. The van der Waals surface area contributed by atoms with Crippen molar-refractivity contribution in [1.82, 2.24) is 0 Å². The van der Waals surface area contributed by atoms with Crippen LogP contribution in [0.15, 0.2) is 18.2 Å². The predicted octanol–water partition coefficient (Wildman–Crippen LogP) is 2.18. The van der Waals surface area contributed by atoms with Gasteiger partial charge in [0.1, 0.15) is 0 Å². The SMILES string of the molecule is O=C(O)CCN(c1ccc([N+](=O)[O-])cc1F)C1CC1. The van der Waals surface area contributed by atoms with E-state index in [2.05, 4.69) is 0 Å². The zero-order chi connectivity index (χ0) is 14.0. The quantitative estimate of drug-likeness (QED) is 0.631. The van der Waals surface area contributed by atoms with Gasteiger partial charge in [0.05, 0.1) is 23.1 Å². The van der Waals surface area contributed by atoms with E-state index in [-0.39, 0.29) is 30.4 Å². The van der Waals surface area contributed by atoms with Crippen LogP contribution in [0.3, 0.4) is 0 Å². The van der Waals surface area contributed by atoms with Crippen LogP contribution in [-0.4, -0.2) is 28.6 Å². The summed E-state index contributed by atoms with van der Waals surface area (Å²) < 4.78 is 13.9. The van der Waals surface area contributed by atoms with E-state index in [4.69, 9.17) is 5.11 Å². The second-order valence-electron chi connectivity index (χ2n) is 4.46. The molecular weight excluding hydrogens is 255 g/mol. The number of hydrogen-bond donors (Lipinski definition) is 1. The molecule has 0 bridgehead atoms. The van der Waals surface area contributed by atoms with Crippen LogP contribution in [0.4, 0.5) is 15.8 Å². The van der Waals surface area contributed by atoms with Crippen molar-refractivity contribution in [3.05, 3.63) is 34.1 Å². The zero-order valence-electron chi connectivity index (χ0n) is 10.1. The lowest BCUT2D eigenvalue weighted by atomic mass is 10.2. The van der Waals surface area contributed by atoms with E-state index in [0.717, 1.165) is 18.9 Å². The lowest BCUT2D eigenvalue weighted by Crippen LogP contribution is -2.29. The van der Waals surface area contributed by atoms with Gasteiger partial charge in [0.25, 0.3) is 5.69 Å². The molecule has 0 aromatic heterocycles. The molecule has 2 rings (SSSR count). The van der Waals surface area contributed by atoms with Crippen molar-refractivity contribution >= 4 is 17.3 Å². The first-order chi connectivity index (χ1) is 8.99. The van der Waals surface area contributed by atoms with Crippen molar-refractivity contribution in [3.8, 4) is 0 Å². The van der Waals surface area contributed by atoms with Gasteiger partial charge in [-0.3, -0.25) is 14.9 Å². The second-order valence-corrected chi connectivity index (χ2v) is 4.46. The minimum Gasteiger partial charge on any atom is -0.481 e. The monoisotopic (exact) mass is 268 g/mol. The molecular formula is C12H13FN2O4. The van der Waals surface area contributed by atoms with Crippen molar-refractivity contribution in [2.24, 2.45) is 0 Å². The number of carboxylic acid groups (broad SMARTS) is 1. The number of carboxylic acids is 1. The third-order valence-electron chi connectivity index (χ3n) is 3.01. The lowest BCUT2D eigenvalue weighted by Gasteiger charge is -2.24. The number of non-ortho nitro benzene ring substituents is 1. The van der Waals surface area contributed by atoms with Crippen LogP contribution in [0.5, 0.6) is 0 Å². The first kappa shape index (κ1) is 13.3. The Labute approximate surface area is 108 Å². The molecule has 0 unspecified atom stereocenters. The maximum absolute atomic E-state index is 13.9. The fourth-order valence-electron chi connectivity index (χ4n) is 1.94. The predicted molar refractivity (Wildman–Crippen MR) is 65.7 cm³/mol. The molecule has 19 heavy (non-hydrogen) atoms. The van der Waals surface area contributed by atoms with Gasteiger partial charge in [-0.25, -0.2) is 4.39 Å². The Kier molecular flexibility index (Phi) is 3.64. The van der Waals surface area contributed by atoms with Crippen LogP contribution < -0.4 is 4.90 Å². The third kappa shape index (κ3) is 3.18. The van der Waals surface area contributed by atoms with Gasteiger partial charge in [-0.15, -0.1) is 0 Å². The van der Waals surface area contributed by atoms with Crippen LogP contribution in [0.2, 0.25) is 0 Å². The molecule has 0 spiro atoms. The zero-order valence-corrected chi connectivity index (χ0v) is 10.1. The average Bonchev–Trinajstić information content (AvgIpc) is 3.14. The fourth-order valence-corrected chi connectivity index (χ4v) is 1.94. The molecule has 0 radical (unpaired) electrons. The number of halogens is 1. The molecule has 102 valence electrons. The minimum atomic E-state index is -0.951. The number of nitrogens with zero attached hydrogens (tertiary/aromatic N) is 2. The van der Waals surface area contributed by atoms with E-state index in [1.165, 1.54) is 12.1 Å².